The van der Waals surface area contributed by atoms with E-state index in [-0.39, 0.29) is 6.04 Å². The summed E-state index contributed by atoms with van der Waals surface area (Å²) in [6.07, 6.45) is 0. The van der Waals surface area contributed by atoms with Crippen molar-refractivity contribution < 1.29 is 4.74 Å². The van der Waals surface area contributed by atoms with Crippen LogP contribution in [0.15, 0.2) is 46.1 Å². The second-order valence-electron chi connectivity index (χ2n) is 3.92. The normalized spacial score (nSPS) is 19.7. The van der Waals surface area contributed by atoms with Crippen molar-refractivity contribution in [2.24, 2.45) is 4.99 Å². The summed E-state index contributed by atoms with van der Waals surface area (Å²) < 4.78 is 5.20. The molecule has 1 aromatic rings. The van der Waals surface area contributed by atoms with Gasteiger partial charge in [0.2, 0.25) is 0 Å². The Hall–Kier alpha value is -1.55. The van der Waals surface area contributed by atoms with E-state index in [9.17, 15) is 0 Å². The Kier molecular flexibility index (Phi) is 3.33. The summed E-state index contributed by atoms with van der Waals surface area (Å²) in [7, 11) is 1.63. The Morgan fingerprint density at radius 1 is 1.59 bits per heavy atom. The van der Waals surface area contributed by atoms with E-state index in [4.69, 9.17) is 4.74 Å². The molecule has 90 valence electrons. The third kappa shape index (κ3) is 2.26. The molecule has 0 bridgehead atoms. The summed E-state index contributed by atoms with van der Waals surface area (Å²) in [6, 6.07) is 4.16. The number of methoxy groups -OCH3 is 1. The molecule has 1 unspecified atom stereocenters. The lowest BCUT2D eigenvalue weighted by Gasteiger charge is -2.24. The monoisotopic (exact) mass is 248 g/mol. The fraction of sp³-hybridized carbons (Fsp3) is 0.308. The van der Waals surface area contributed by atoms with Gasteiger partial charge in [0.1, 0.15) is 11.6 Å². The fourth-order valence-electron chi connectivity index (χ4n) is 1.94. The highest BCUT2D eigenvalue weighted by Gasteiger charge is 2.22. The number of allylic oxidation sites excluding steroid dienone is 1. The van der Waals surface area contributed by atoms with Crippen LogP contribution in [0.4, 0.5) is 0 Å². The topological polar surface area (TPSA) is 33.6 Å². The molecule has 1 aliphatic heterocycles. The highest BCUT2D eigenvalue weighted by molar-refractivity contribution is 7.12. The highest BCUT2D eigenvalue weighted by atomic mass is 32.1. The molecule has 1 aromatic heterocycles. The van der Waals surface area contributed by atoms with E-state index >= 15 is 0 Å². The molecule has 17 heavy (non-hydrogen) atoms. The van der Waals surface area contributed by atoms with E-state index in [1.807, 2.05) is 18.4 Å². The van der Waals surface area contributed by atoms with Crippen LogP contribution in [0.2, 0.25) is 0 Å². The summed E-state index contributed by atoms with van der Waals surface area (Å²) in [4.78, 5) is 5.79. The van der Waals surface area contributed by atoms with Crippen molar-refractivity contribution in [3.8, 4) is 0 Å². The van der Waals surface area contributed by atoms with Gasteiger partial charge in [-0.05, 0) is 25.3 Å². The summed E-state index contributed by atoms with van der Waals surface area (Å²) >= 11 is 1.68. The molecule has 0 spiro atoms. The number of aliphatic imine (C=N–C) groups is 1. The third-order valence-corrected chi connectivity index (χ3v) is 3.63. The van der Waals surface area contributed by atoms with E-state index in [0.29, 0.717) is 5.76 Å². The molecule has 2 rings (SSSR count). The Balaban J connectivity index is 2.29. The fourth-order valence-corrected chi connectivity index (χ4v) is 2.62. The number of thiophene rings is 1. The molecule has 0 aliphatic carbocycles. The quantitative estimate of drug-likeness (QED) is 0.834. The van der Waals surface area contributed by atoms with Crippen molar-refractivity contribution in [3.05, 3.63) is 46.0 Å². The summed E-state index contributed by atoms with van der Waals surface area (Å²) in [5.41, 5.74) is 2.09. The maximum atomic E-state index is 5.20. The van der Waals surface area contributed by atoms with Gasteiger partial charge in [-0.3, -0.25) is 4.99 Å². The van der Waals surface area contributed by atoms with E-state index in [1.165, 1.54) is 0 Å². The maximum absolute atomic E-state index is 5.20. The SMILES string of the molecule is C=C(OC)C1=C(C)NC(c2cccs2)=NC1C. The molecule has 0 amide bonds. The van der Waals surface area contributed by atoms with Gasteiger partial charge >= 0.3 is 0 Å². The smallest absolute Gasteiger partial charge is 0.143 e. The lowest BCUT2D eigenvalue weighted by atomic mass is 10.0. The largest absolute Gasteiger partial charge is 0.497 e. The third-order valence-electron chi connectivity index (χ3n) is 2.75. The molecule has 1 N–H and O–H groups in total. The molecule has 0 aromatic carbocycles. The number of nitrogens with zero attached hydrogens (tertiary/aromatic N) is 1. The van der Waals surface area contributed by atoms with Crippen molar-refractivity contribution in [3.63, 3.8) is 0 Å². The lowest BCUT2D eigenvalue weighted by Crippen LogP contribution is -2.31. The number of hydrogen-bond acceptors (Lipinski definition) is 4. The molecule has 1 aliphatic rings. The minimum Gasteiger partial charge on any atom is -0.497 e. The van der Waals surface area contributed by atoms with Crippen molar-refractivity contribution in [1.29, 1.82) is 0 Å². The van der Waals surface area contributed by atoms with Gasteiger partial charge in [0, 0.05) is 11.3 Å². The first kappa shape index (κ1) is 11.9. The van der Waals surface area contributed by atoms with E-state index < -0.39 is 0 Å². The van der Waals surface area contributed by atoms with Crippen LogP contribution in [0, 0.1) is 0 Å². The average Bonchev–Trinajstić information content (AvgIpc) is 2.81. The van der Waals surface area contributed by atoms with Crippen LogP contribution in [0.25, 0.3) is 0 Å². The van der Waals surface area contributed by atoms with Crippen molar-refractivity contribution in [2.45, 2.75) is 19.9 Å². The minimum atomic E-state index is 0.0702. The molecule has 4 heteroatoms. The second-order valence-corrected chi connectivity index (χ2v) is 4.87. The van der Waals surface area contributed by atoms with Gasteiger partial charge in [-0.2, -0.15) is 0 Å². The molecular formula is C13H16N2OS. The van der Waals surface area contributed by atoms with Gasteiger partial charge in [0.05, 0.1) is 18.0 Å². The minimum absolute atomic E-state index is 0.0702. The standard InChI is InChI=1S/C13H16N2OS/c1-8-12(10(3)16-4)9(2)15-13(14-8)11-6-5-7-17-11/h5-8H,3H2,1-2,4H3,(H,14,15). The van der Waals surface area contributed by atoms with Crippen LogP contribution in [0.5, 0.6) is 0 Å². The number of rotatable bonds is 3. The first-order chi connectivity index (χ1) is 8.13. The van der Waals surface area contributed by atoms with Gasteiger partial charge < -0.3 is 10.1 Å². The van der Waals surface area contributed by atoms with Crippen LogP contribution in [-0.2, 0) is 4.74 Å². The van der Waals surface area contributed by atoms with E-state index in [2.05, 4.69) is 29.9 Å². The van der Waals surface area contributed by atoms with Gasteiger partial charge in [0.25, 0.3) is 0 Å². The average molecular weight is 248 g/mol. The van der Waals surface area contributed by atoms with Crippen molar-refractivity contribution >= 4 is 17.2 Å². The van der Waals surface area contributed by atoms with Crippen LogP contribution < -0.4 is 5.32 Å². The van der Waals surface area contributed by atoms with Crippen LogP contribution in [0.1, 0.15) is 18.7 Å². The summed E-state index contributed by atoms with van der Waals surface area (Å²) in [6.45, 7) is 7.98. The Labute approximate surface area is 106 Å². The van der Waals surface area contributed by atoms with E-state index in [1.54, 1.807) is 18.4 Å². The second kappa shape index (κ2) is 4.75. The number of nitrogens with one attached hydrogen (secondary N) is 1. The summed E-state index contributed by atoms with van der Waals surface area (Å²) in [5.74, 6) is 1.61. The van der Waals surface area contributed by atoms with Crippen molar-refractivity contribution in [2.75, 3.05) is 7.11 Å². The Bertz CT molecular complexity index is 486. The van der Waals surface area contributed by atoms with Gasteiger partial charge in [-0.15, -0.1) is 11.3 Å². The zero-order valence-electron chi connectivity index (χ0n) is 10.3. The zero-order chi connectivity index (χ0) is 12.4. The zero-order valence-corrected chi connectivity index (χ0v) is 11.1. The van der Waals surface area contributed by atoms with Gasteiger partial charge in [0.15, 0.2) is 0 Å². The first-order valence-corrected chi connectivity index (χ1v) is 6.34. The predicted octanol–water partition coefficient (Wildman–Crippen LogP) is 2.92. The Morgan fingerprint density at radius 2 is 2.35 bits per heavy atom. The summed E-state index contributed by atoms with van der Waals surface area (Å²) in [5, 5.41) is 5.36. The Morgan fingerprint density at radius 3 is 2.88 bits per heavy atom. The van der Waals surface area contributed by atoms with E-state index in [0.717, 1.165) is 22.0 Å². The first-order valence-electron chi connectivity index (χ1n) is 5.46. The van der Waals surface area contributed by atoms with Crippen LogP contribution >= 0.6 is 11.3 Å². The molecule has 3 nitrogen and oxygen atoms in total. The molecule has 0 saturated heterocycles. The maximum Gasteiger partial charge on any atom is 0.143 e. The molecular weight excluding hydrogens is 232 g/mol. The van der Waals surface area contributed by atoms with Crippen molar-refractivity contribution in [1.82, 2.24) is 5.32 Å². The van der Waals surface area contributed by atoms with Crippen LogP contribution in [-0.4, -0.2) is 19.0 Å². The molecule has 1 atom stereocenters. The molecule has 0 saturated carbocycles. The van der Waals surface area contributed by atoms with Gasteiger partial charge in [-0.1, -0.05) is 12.6 Å². The number of ether oxygens (including phenoxy) is 1. The number of hydrogen-bond donors (Lipinski definition) is 1. The molecule has 0 fully saturated rings. The highest BCUT2D eigenvalue weighted by Crippen LogP contribution is 2.24. The molecule has 0 radical (unpaired) electrons. The predicted molar refractivity (Wildman–Crippen MR) is 72.3 cm³/mol. The van der Waals surface area contributed by atoms with Gasteiger partial charge in [-0.25, -0.2) is 0 Å². The lowest BCUT2D eigenvalue weighted by molar-refractivity contribution is 0.297. The van der Waals surface area contributed by atoms with Crippen LogP contribution in [0.3, 0.4) is 0 Å². The molecule has 2 heterocycles. The number of amidine groups is 1.